The Morgan fingerprint density at radius 2 is 2.19 bits per heavy atom. The molecule has 1 fully saturated rings. The monoisotopic (exact) mass is 298 g/mol. The van der Waals surface area contributed by atoms with Gasteiger partial charge in [-0.1, -0.05) is 6.08 Å². The van der Waals surface area contributed by atoms with Crippen molar-refractivity contribution in [1.82, 2.24) is 20.0 Å². The fraction of sp³-hybridized carbons (Fsp3) is 0.571. The molecule has 1 aliphatic carbocycles. The average molecular weight is 298 g/mol. The molecule has 7 heteroatoms. The number of likely N-dealkylation sites (N-methyl/N-ethyl adjacent to an activating group) is 1. The third kappa shape index (κ3) is 4.35. The zero-order valence-corrected chi connectivity index (χ0v) is 12.2. The van der Waals surface area contributed by atoms with Crippen molar-refractivity contribution < 1.29 is 13.6 Å². The summed E-state index contributed by atoms with van der Waals surface area (Å²) in [6, 6.07) is 1.73. The van der Waals surface area contributed by atoms with Gasteiger partial charge in [-0.25, -0.2) is 8.78 Å². The third-order valence-corrected chi connectivity index (χ3v) is 3.35. The van der Waals surface area contributed by atoms with Gasteiger partial charge in [0.1, 0.15) is 0 Å². The number of aromatic nitrogens is 2. The summed E-state index contributed by atoms with van der Waals surface area (Å²) in [6.07, 6.45) is 5.67. The number of halogens is 2. The van der Waals surface area contributed by atoms with E-state index in [4.69, 9.17) is 0 Å². The molecule has 1 aromatic rings. The lowest BCUT2D eigenvalue weighted by atomic mass is 9.73. The number of alkyl halides is 2. The smallest absolute Gasteiger partial charge is 0.252 e. The van der Waals surface area contributed by atoms with E-state index in [0.29, 0.717) is 6.54 Å². The zero-order chi connectivity index (χ0) is 15.5. The minimum absolute atomic E-state index is 0.253. The van der Waals surface area contributed by atoms with Gasteiger partial charge < -0.3 is 10.2 Å². The van der Waals surface area contributed by atoms with Crippen molar-refractivity contribution in [3.8, 4) is 0 Å². The molecule has 0 atom stereocenters. The van der Waals surface area contributed by atoms with Gasteiger partial charge in [0, 0.05) is 37.9 Å². The summed E-state index contributed by atoms with van der Waals surface area (Å²) in [6.45, 7) is 0.874. The summed E-state index contributed by atoms with van der Waals surface area (Å²) in [5.74, 6) is -3.06. The molecule has 1 amide bonds. The molecule has 116 valence electrons. The maximum Gasteiger partial charge on any atom is 0.252 e. The summed E-state index contributed by atoms with van der Waals surface area (Å²) in [4.78, 5) is 13.8. The Morgan fingerprint density at radius 1 is 1.48 bits per heavy atom. The molecule has 1 heterocycles. The van der Waals surface area contributed by atoms with Gasteiger partial charge in [0.05, 0.1) is 12.1 Å². The fourth-order valence-corrected chi connectivity index (χ4v) is 2.56. The fourth-order valence-electron chi connectivity index (χ4n) is 2.56. The standard InChI is InChI=1S/C14H20F2N4O/c1-19(2)7-3-5-12(21)18-13(9-14(15,16)10-13)11-20-8-4-6-17-20/h3-6,8H,7,9-11H2,1-2H3,(H,18,21)/b5-3+. The summed E-state index contributed by atoms with van der Waals surface area (Å²) in [5.41, 5.74) is -0.922. The Labute approximate surface area is 122 Å². The van der Waals surface area contributed by atoms with Crippen LogP contribution in [0.4, 0.5) is 8.78 Å². The summed E-state index contributed by atoms with van der Waals surface area (Å²) < 4.78 is 28.1. The van der Waals surface area contributed by atoms with Gasteiger partial charge in [-0.2, -0.15) is 5.10 Å². The van der Waals surface area contributed by atoms with Crippen LogP contribution >= 0.6 is 0 Å². The Bertz CT molecular complexity index is 503. The summed E-state index contributed by atoms with van der Waals surface area (Å²) >= 11 is 0. The molecule has 21 heavy (non-hydrogen) atoms. The SMILES string of the molecule is CN(C)C/C=C/C(=O)NC1(Cn2cccn2)CC(F)(F)C1. The largest absolute Gasteiger partial charge is 0.345 e. The topological polar surface area (TPSA) is 50.2 Å². The maximum absolute atomic E-state index is 13.3. The van der Waals surface area contributed by atoms with E-state index in [9.17, 15) is 13.6 Å². The molecule has 0 aliphatic heterocycles. The Kier molecular flexibility index (Phi) is 4.41. The maximum atomic E-state index is 13.3. The molecule has 2 rings (SSSR count). The first-order valence-corrected chi connectivity index (χ1v) is 6.79. The number of carbonyl (C=O) groups is 1. The predicted octanol–water partition coefficient (Wildman–Crippen LogP) is 1.28. The van der Waals surface area contributed by atoms with E-state index < -0.39 is 11.5 Å². The molecule has 1 aromatic heterocycles. The molecule has 1 saturated carbocycles. The van der Waals surface area contributed by atoms with Crippen LogP contribution in [0.5, 0.6) is 0 Å². The lowest BCUT2D eigenvalue weighted by Crippen LogP contribution is -2.64. The van der Waals surface area contributed by atoms with Crippen LogP contribution in [-0.4, -0.2) is 52.7 Å². The van der Waals surface area contributed by atoms with Crippen molar-refractivity contribution >= 4 is 5.91 Å². The van der Waals surface area contributed by atoms with Crippen LogP contribution in [0.3, 0.4) is 0 Å². The number of hydrogen-bond acceptors (Lipinski definition) is 3. The van der Waals surface area contributed by atoms with Crippen LogP contribution in [0.25, 0.3) is 0 Å². The molecule has 1 N–H and O–H groups in total. The molecule has 0 unspecified atom stereocenters. The van der Waals surface area contributed by atoms with Gasteiger partial charge >= 0.3 is 0 Å². The molecule has 1 aliphatic rings. The summed E-state index contributed by atoms with van der Waals surface area (Å²) in [7, 11) is 3.77. The third-order valence-electron chi connectivity index (χ3n) is 3.35. The first-order chi connectivity index (χ1) is 9.80. The van der Waals surface area contributed by atoms with Gasteiger partial charge in [-0.15, -0.1) is 0 Å². The minimum Gasteiger partial charge on any atom is -0.345 e. The molecule has 0 saturated heterocycles. The molecule has 0 spiro atoms. The molecule has 0 aromatic carbocycles. The highest BCUT2D eigenvalue weighted by Crippen LogP contribution is 2.46. The van der Waals surface area contributed by atoms with E-state index in [-0.39, 0.29) is 25.3 Å². The van der Waals surface area contributed by atoms with Crippen molar-refractivity contribution in [2.75, 3.05) is 20.6 Å². The Balaban J connectivity index is 1.97. The molecule has 0 bridgehead atoms. The van der Waals surface area contributed by atoms with E-state index in [1.807, 2.05) is 19.0 Å². The number of amides is 1. The average Bonchev–Trinajstić information content (AvgIpc) is 2.77. The quantitative estimate of drug-likeness (QED) is 0.805. The van der Waals surface area contributed by atoms with Crippen LogP contribution in [0.15, 0.2) is 30.6 Å². The number of carbonyl (C=O) groups excluding carboxylic acids is 1. The van der Waals surface area contributed by atoms with Crippen molar-refractivity contribution in [2.24, 2.45) is 0 Å². The van der Waals surface area contributed by atoms with Crippen molar-refractivity contribution in [3.63, 3.8) is 0 Å². The van der Waals surface area contributed by atoms with E-state index in [1.54, 1.807) is 29.2 Å². The number of hydrogen-bond donors (Lipinski definition) is 1. The van der Waals surface area contributed by atoms with Crippen molar-refractivity contribution in [2.45, 2.75) is 30.8 Å². The second kappa shape index (κ2) is 5.93. The number of nitrogens with one attached hydrogen (secondary N) is 1. The number of rotatable bonds is 6. The van der Waals surface area contributed by atoms with E-state index in [2.05, 4.69) is 10.4 Å². The molecular formula is C14H20F2N4O. The minimum atomic E-state index is -2.71. The van der Waals surface area contributed by atoms with Crippen molar-refractivity contribution in [1.29, 1.82) is 0 Å². The number of nitrogens with zero attached hydrogens (tertiary/aromatic N) is 3. The van der Waals surface area contributed by atoms with Crippen molar-refractivity contribution in [3.05, 3.63) is 30.6 Å². The van der Waals surface area contributed by atoms with Crippen LogP contribution in [0.1, 0.15) is 12.8 Å². The molecule has 0 radical (unpaired) electrons. The van der Waals surface area contributed by atoms with Gasteiger partial charge in [-0.3, -0.25) is 9.48 Å². The first-order valence-electron chi connectivity index (χ1n) is 6.79. The lowest BCUT2D eigenvalue weighted by Gasteiger charge is -2.47. The summed E-state index contributed by atoms with van der Waals surface area (Å²) in [5, 5.41) is 6.73. The lowest BCUT2D eigenvalue weighted by molar-refractivity contribution is -0.148. The van der Waals surface area contributed by atoms with E-state index in [1.165, 1.54) is 6.08 Å². The second-order valence-corrected chi connectivity index (χ2v) is 5.85. The van der Waals surface area contributed by atoms with Gasteiger partial charge in [0.25, 0.3) is 5.92 Å². The molecule has 5 nitrogen and oxygen atoms in total. The normalized spacial score (nSPS) is 19.7. The van der Waals surface area contributed by atoms with Gasteiger partial charge in [0.15, 0.2) is 0 Å². The van der Waals surface area contributed by atoms with Gasteiger partial charge in [0.2, 0.25) is 5.91 Å². The highest BCUT2D eigenvalue weighted by molar-refractivity contribution is 5.88. The van der Waals surface area contributed by atoms with Crippen LogP contribution in [0.2, 0.25) is 0 Å². The molecular weight excluding hydrogens is 278 g/mol. The second-order valence-electron chi connectivity index (χ2n) is 5.85. The van der Waals surface area contributed by atoms with E-state index in [0.717, 1.165) is 0 Å². The first kappa shape index (κ1) is 15.6. The highest BCUT2D eigenvalue weighted by Gasteiger charge is 2.57. The Morgan fingerprint density at radius 3 is 2.71 bits per heavy atom. The zero-order valence-electron chi connectivity index (χ0n) is 12.2. The highest BCUT2D eigenvalue weighted by atomic mass is 19.3. The van der Waals surface area contributed by atoms with Crippen LogP contribution in [-0.2, 0) is 11.3 Å². The van der Waals surface area contributed by atoms with E-state index >= 15 is 0 Å². The predicted molar refractivity (Wildman–Crippen MR) is 75.0 cm³/mol. The Hall–Kier alpha value is -1.76. The van der Waals surface area contributed by atoms with Crippen LogP contribution in [0, 0.1) is 0 Å². The van der Waals surface area contributed by atoms with Gasteiger partial charge in [-0.05, 0) is 20.2 Å². The van der Waals surface area contributed by atoms with Crippen LogP contribution < -0.4 is 5.32 Å².